The van der Waals surface area contributed by atoms with Crippen LogP contribution >= 0.6 is 12.6 Å². The molecule has 1 fully saturated rings. The van der Waals surface area contributed by atoms with Crippen molar-refractivity contribution in [2.45, 2.75) is 43.4 Å². The Labute approximate surface area is 250 Å². The monoisotopic (exact) mass is 584 g/mol. The van der Waals surface area contributed by atoms with Crippen molar-refractivity contribution in [3.8, 4) is 5.75 Å². The summed E-state index contributed by atoms with van der Waals surface area (Å²) in [5, 5.41) is 0. The first kappa shape index (κ1) is 29.4. The summed E-state index contributed by atoms with van der Waals surface area (Å²) >= 11 is 4.64. The lowest BCUT2D eigenvalue weighted by Gasteiger charge is -2.43. The van der Waals surface area contributed by atoms with E-state index in [0.717, 1.165) is 11.1 Å². The highest BCUT2D eigenvalue weighted by Crippen LogP contribution is 2.32. The lowest BCUT2D eigenvalue weighted by atomic mass is 9.98. The van der Waals surface area contributed by atoms with Gasteiger partial charge in [0.1, 0.15) is 30.0 Å². The largest absolute Gasteiger partial charge is 0.491 e. The first-order chi connectivity index (χ1) is 20.5. The van der Waals surface area contributed by atoms with Crippen LogP contribution in [-0.2, 0) is 25.6 Å². The standard InChI is InChI=1S/C34H32O7S/c1-23-17-19-27(20-18-23)37-22-28-29(38-21-24-11-5-2-6-12-24)30(40-32(35)25-13-7-3-8-14-25)31(34(42)39-28)41-33(36)26-15-9-4-10-16-26/h2-20,28-31,34,42H,21-22H2,1H3/t28-,29+,30+,31-,34+/m1/s1. The number of aryl methyl sites for hydroxylation is 1. The van der Waals surface area contributed by atoms with Crippen LogP contribution in [0.1, 0.15) is 31.8 Å². The zero-order chi connectivity index (χ0) is 29.3. The van der Waals surface area contributed by atoms with Crippen LogP contribution in [0, 0.1) is 6.92 Å². The molecule has 1 aliphatic heterocycles. The normalized spacial score (nSPS) is 21.7. The van der Waals surface area contributed by atoms with Crippen molar-refractivity contribution in [2.24, 2.45) is 0 Å². The maximum atomic E-state index is 13.3. The van der Waals surface area contributed by atoms with Crippen molar-refractivity contribution >= 4 is 24.6 Å². The zero-order valence-corrected chi connectivity index (χ0v) is 24.0. The van der Waals surface area contributed by atoms with Crippen LogP contribution < -0.4 is 4.74 Å². The molecule has 0 spiro atoms. The molecule has 0 aromatic heterocycles. The summed E-state index contributed by atoms with van der Waals surface area (Å²) in [6, 6.07) is 34.4. The minimum atomic E-state index is -1.08. The number of benzene rings is 4. The highest BCUT2D eigenvalue weighted by molar-refractivity contribution is 7.80. The molecule has 4 aromatic carbocycles. The highest BCUT2D eigenvalue weighted by Gasteiger charge is 2.50. The van der Waals surface area contributed by atoms with Gasteiger partial charge in [0, 0.05) is 0 Å². The molecule has 0 bridgehead atoms. The molecule has 0 unspecified atom stereocenters. The predicted molar refractivity (Wildman–Crippen MR) is 161 cm³/mol. The first-order valence-corrected chi connectivity index (χ1v) is 14.2. The van der Waals surface area contributed by atoms with Gasteiger partial charge in [-0.1, -0.05) is 84.4 Å². The summed E-state index contributed by atoms with van der Waals surface area (Å²) in [5.74, 6) is -0.535. The molecule has 5 rings (SSSR count). The summed E-state index contributed by atoms with van der Waals surface area (Å²) in [7, 11) is 0. The second-order valence-corrected chi connectivity index (χ2v) is 10.4. The second-order valence-electron chi connectivity index (χ2n) is 9.92. The Morgan fingerprint density at radius 2 is 1.21 bits per heavy atom. The molecule has 42 heavy (non-hydrogen) atoms. The van der Waals surface area contributed by atoms with E-state index in [9.17, 15) is 9.59 Å². The Hall–Kier alpha value is -4.11. The van der Waals surface area contributed by atoms with E-state index in [1.807, 2.05) is 67.6 Å². The Bertz CT molecular complexity index is 1430. The Morgan fingerprint density at radius 1 is 0.690 bits per heavy atom. The number of ether oxygens (including phenoxy) is 5. The fourth-order valence-corrected chi connectivity index (χ4v) is 4.99. The van der Waals surface area contributed by atoms with Gasteiger partial charge in [-0.25, -0.2) is 9.59 Å². The van der Waals surface area contributed by atoms with Crippen molar-refractivity contribution in [1.29, 1.82) is 0 Å². The molecule has 0 saturated carbocycles. The fourth-order valence-electron chi connectivity index (χ4n) is 4.60. The van der Waals surface area contributed by atoms with Gasteiger partial charge < -0.3 is 23.7 Å². The molecule has 8 heteroatoms. The minimum absolute atomic E-state index is 0.0817. The van der Waals surface area contributed by atoms with Gasteiger partial charge in [-0.3, -0.25) is 0 Å². The Morgan fingerprint density at radius 3 is 1.79 bits per heavy atom. The van der Waals surface area contributed by atoms with Gasteiger partial charge in [-0.15, -0.1) is 12.6 Å². The average molecular weight is 585 g/mol. The number of hydrogen-bond acceptors (Lipinski definition) is 8. The van der Waals surface area contributed by atoms with E-state index in [4.69, 9.17) is 23.7 Å². The van der Waals surface area contributed by atoms with Crippen molar-refractivity contribution < 1.29 is 33.3 Å². The topological polar surface area (TPSA) is 80.3 Å². The molecule has 7 nitrogen and oxygen atoms in total. The van der Waals surface area contributed by atoms with Crippen molar-refractivity contribution in [3.63, 3.8) is 0 Å². The zero-order valence-electron chi connectivity index (χ0n) is 23.1. The third-order valence-corrected chi connectivity index (χ3v) is 7.25. The van der Waals surface area contributed by atoms with Gasteiger partial charge in [0.2, 0.25) is 0 Å². The van der Waals surface area contributed by atoms with E-state index < -0.39 is 41.8 Å². The number of hydrogen-bond donors (Lipinski definition) is 1. The van der Waals surface area contributed by atoms with Gasteiger partial charge >= 0.3 is 11.9 Å². The molecule has 216 valence electrons. The molecule has 1 aliphatic rings. The Balaban J connectivity index is 1.45. The van der Waals surface area contributed by atoms with E-state index in [-0.39, 0.29) is 13.2 Å². The van der Waals surface area contributed by atoms with Crippen LogP contribution in [0.5, 0.6) is 5.75 Å². The molecule has 1 heterocycles. The van der Waals surface area contributed by atoms with Crippen LogP contribution in [0.15, 0.2) is 115 Å². The SMILES string of the molecule is Cc1ccc(OC[C@H]2O[C@@H](S)[C@H](OC(=O)c3ccccc3)[C@@H](OC(=O)c3ccccc3)[C@H]2OCc2ccccc2)cc1. The number of carbonyl (C=O) groups excluding carboxylic acids is 2. The first-order valence-electron chi connectivity index (χ1n) is 13.7. The van der Waals surface area contributed by atoms with Gasteiger partial charge in [-0.05, 0) is 48.9 Å². The van der Waals surface area contributed by atoms with E-state index >= 15 is 0 Å². The summed E-state index contributed by atoms with van der Waals surface area (Å²) in [4.78, 5) is 26.5. The van der Waals surface area contributed by atoms with Crippen molar-refractivity contribution in [1.82, 2.24) is 0 Å². The van der Waals surface area contributed by atoms with Crippen LogP contribution in [0.25, 0.3) is 0 Å². The molecule has 0 radical (unpaired) electrons. The molecular weight excluding hydrogens is 552 g/mol. The second kappa shape index (κ2) is 14.2. The number of carbonyl (C=O) groups is 2. The lowest BCUT2D eigenvalue weighted by molar-refractivity contribution is -0.222. The molecule has 0 N–H and O–H groups in total. The molecule has 1 saturated heterocycles. The van der Waals surface area contributed by atoms with E-state index in [1.165, 1.54) is 0 Å². The predicted octanol–water partition coefficient (Wildman–Crippen LogP) is 6.07. The van der Waals surface area contributed by atoms with Crippen molar-refractivity contribution in [2.75, 3.05) is 6.61 Å². The summed E-state index contributed by atoms with van der Waals surface area (Å²) in [6.45, 7) is 2.28. The van der Waals surface area contributed by atoms with Crippen LogP contribution in [0.4, 0.5) is 0 Å². The van der Waals surface area contributed by atoms with Crippen molar-refractivity contribution in [3.05, 3.63) is 138 Å². The molecule has 5 atom stereocenters. The Kier molecular flexibility index (Phi) is 9.92. The van der Waals surface area contributed by atoms with Gasteiger partial charge in [0.05, 0.1) is 17.7 Å². The van der Waals surface area contributed by atoms with Gasteiger partial charge in [0.15, 0.2) is 12.2 Å². The number of rotatable bonds is 10. The van der Waals surface area contributed by atoms with Crippen LogP contribution in [0.3, 0.4) is 0 Å². The minimum Gasteiger partial charge on any atom is -0.491 e. The third-order valence-electron chi connectivity index (χ3n) is 6.84. The van der Waals surface area contributed by atoms with E-state index in [0.29, 0.717) is 16.9 Å². The average Bonchev–Trinajstić information content (AvgIpc) is 3.03. The summed E-state index contributed by atoms with van der Waals surface area (Å²) < 4.78 is 30.7. The van der Waals surface area contributed by atoms with E-state index in [2.05, 4.69) is 12.6 Å². The fraction of sp³-hybridized carbons (Fsp3) is 0.235. The molecule has 0 aliphatic carbocycles. The molecular formula is C34H32O7S. The number of esters is 2. The quantitative estimate of drug-likeness (QED) is 0.179. The maximum absolute atomic E-state index is 13.3. The number of thiol groups is 1. The molecule has 0 amide bonds. The highest BCUT2D eigenvalue weighted by atomic mass is 32.1. The smallest absolute Gasteiger partial charge is 0.338 e. The lowest BCUT2D eigenvalue weighted by Crippen LogP contribution is -2.61. The van der Waals surface area contributed by atoms with Gasteiger partial charge in [0.25, 0.3) is 0 Å². The maximum Gasteiger partial charge on any atom is 0.338 e. The molecule has 4 aromatic rings. The van der Waals surface area contributed by atoms with E-state index in [1.54, 1.807) is 54.6 Å². The summed E-state index contributed by atoms with van der Waals surface area (Å²) in [6.07, 6.45) is -3.71. The van der Waals surface area contributed by atoms with Gasteiger partial charge in [-0.2, -0.15) is 0 Å². The van der Waals surface area contributed by atoms with Crippen LogP contribution in [-0.4, -0.2) is 48.4 Å². The summed E-state index contributed by atoms with van der Waals surface area (Å²) in [5.41, 5.74) is 1.77. The third kappa shape index (κ3) is 7.59. The van der Waals surface area contributed by atoms with Crippen LogP contribution in [0.2, 0.25) is 0 Å².